The third kappa shape index (κ3) is 5.78. The summed E-state index contributed by atoms with van der Waals surface area (Å²) in [4.78, 5) is 12.1. The van der Waals surface area contributed by atoms with Crippen molar-refractivity contribution in [3.05, 3.63) is 48.0 Å². The molecule has 1 N–H and O–H groups in total. The smallest absolute Gasteiger partial charge is 0.319 e. The number of hydrogen-bond acceptors (Lipinski definition) is 3. The first-order valence-corrected chi connectivity index (χ1v) is 8.68. The number of carbonyl (C=O) groups is 1. The Hall–Kier alpha value is -2.01. The van der Waals surface area contributed by atoms with E-state index in [-0.39, 0.29) is 18.8 Å². The number of alkyl halides is 2. The van der Waals surface area contributed by atoms with Gasteiger partial charge < -0.3 is 9.84 Å². The van der Waals surface area contributed by atoms with Gasteiger partial charge in [-0.05, 0) is 29.2 Å². The number of fused-ring (bicyclic) bond motifs is 1. The summed E-state index contributed by atoms with van der Waals surface area (Å²) in [5.74, 6) is -2.43. The van der Waals surface area contributed by atoms with Crippen LogP contribution >= 0.6 is 0 Å². The zero-order chi connectivity index (χ0) is 18.1. The lowest BCUT2D eigenvalue weighted by molar-refractivity contribution is -0.149. The van der Waals surface area contributed by atoms with Crippen LogP contribution < -0.4 is 0 Å². The minimum Gasteiger partial charge on any atom is -0.465 e. The fourth-order valence-corrected chi connectivity index (χ4v) is 2.79. The molecule has 0 fully saturated rings. The first-order chi connectivity index (χ1) is 12.1. The number of aliphatic hydroxyl groups excluding tert-OH is 1. The quantitative estimate of drug-likeness (QED) is 0.500. The summed E-state index contributed by atoms with van der Waals surface area (Å²) >= 11 is 0. The van der Waals surface area contributed by atoms with Gasteiger partial charge in [0.05, 0.1) is 6.61 Å². The number of ether oxygens (including phenoxy) is 1. The number of halogens is 2. The van der Waals surface area contributed by atoms with Gasteiger partial charge in [-0.15, -0.1) is 0 Å². The molecule has 2 aromatic rings. The number of aliphatic hydroxyl groups is 1. The van der Waals surface area contributed by atoms with Crippen molar-refractivity contribution in [2.75, 3.05) is 13.2 Å². The predicted octanol–water partition coefficient (Wildman–Crippen LogP) is 4.67. The van der Waals surface area contributed by atoms with Crippen LogP contribution in [0, 0.1) is 0 Å². The van der Waals surface area contributed by atoms with Crippen LogP contribution in [0.4, 0.5) is 8.78 Å². The molecule has 25 heavy (non-hydrogen) atoms. The fourth-order valence-electron chi connectivity index (χ4n) is 2.79. The normalized spacial score (nSPS) is 12.5. The third-order valence-electron chi connectivity index (χ3n) is 4.19. The largest absolute Gasteiger partial charge is 0.465 e. The van der Waals surface area contributed by atoms with Gasteiger partial charge in [0.1, 0.15) is 5.92 Å². The van der Waals surface area contributed by atoms with Gasteiger partial charge in [-0.1, -0.05) is 61.7 Å². The molecule has 5 heteroatoms. The van der Waals surface area contributed by atoms with Crippen molar-refractivity contribution in [1.82, 2.24) is 0 Å². The number of benzene rings is 2. The molecule has 2 rings (SSSR count). The lowest BCUT2D eigenvalue weighted by Crippen LogP contribution is -2.23. The van der Waals surface area contributed by atoms with Crippen molar-refractivity contribution in [3.8, 4) is 0 Å². The highest BCUT2D eigenvalue weighted by Crippen LogP contribution is 2.28. The SMILES string of the molecule is O=C(OCCCCCCCO)C(c1ccc2ccccc2c1)C(F)F. The van der Waals surface area contributed by atoms with Crippen molar-refractivity contribution in [2.24, 2.45) is 0 Å². The molecule has 0 amide bonds. The monoisotopic (exact) mass is 350 g/mol. The summed E-state index contributed by atoms with van der Waals surface area (Å²) in [5, 5.41) is 10.5. The number of carbonyl (C=O) groups excluding carboxylic acids is 1. The average molecular weight is 350 g/mol. The highest BCUT2D eigenvalue weighted by atomic mass is 19.3. The molecule has 3 nitrogen and oxygen atoms in total. The lowest BCUT2D eigenvalue weighted by atomic mass is 9.96. The summed E-state index contributed by atoms with van der Waals surface area (Å²) in [6.07, 6.45) is 1.29. The van der Waals surface area contributed by atoms with E-state index in [4.69, 9.17) is 9.84 Å². The maximum absolute atomic E-state index is 13.4. The van der Waals surface area contributed by atoms with Gasteiger partial charge >= 0.3 is 5.97 Å². The molecule has 0 saturated carbocycles. The number of rotatable bonds is 10. The van der Waals surface area contributed by atoms with Crippen LogP contribution in [0.3, 0.4) is 0 Å². The van der Waals surface area contributed by atoms with Crippen molar-refractivity contribution < 1.29 is 23.4 Å². The molecule has 1 atom stereocenters. The molecule has 0 saturated heterocycles. The van der Waals surface area contributed by atoms with Crippen LogP contribution in [0.25, 0.3) is 10.8 Å². The van der Waals surface area contributed by atoms with E-state index in [2.05, 4.69) is 0 Å². The van der Waals surface area contributed by atoms with Crippen LogP contribution in [-0.2, 0) is 9.53 Å². The Morgan fingerprint density at radius 1 is 0.960 bits per heavy atom. The summed E-state index contributed by atoms with van der Waals surface area (Å²) in [6.45, 7) is 0.325. The Bertz CT molecular complexity index is 673. The Morgan fingerprint density at radius 3 is 2.36 bits per heavy atom. The summed E-state index contributed by atoms with van der Waals surface area (Å²) < 4.78 is 31.9. The molecule has 0 aliphatic heterocycles. The second-order valence-corrected chi connectivity index (χ2v) is 6.08. The molecular formula is C20H24F2O3. The molecule has 0 aliphatic carbocycles. The molecule has 0 spiro atoms. The predicted molar refractivity (Wildman–Crippen MR) is 93.8 cm³/mol. The van der Waals surface area contributed by atoms with Crippen LogP contribution in [0.5, 0.6) is 0 Å². The Kier molecular flexibility index (Phi) is 7.79. The van der Waals surface area contributed by atoms with E-state index in [1.807, 2.05) is 24.3 Å². The fraction of sp³-hybridized carbons (Fsp3) is 0.450. The molecule has 0 heterocycles. The van der Waals surface area contributed by atoms with Gasteiger partial charge in [0.15, 0.2) is 0 Å². The van der Waals surface area contributed by atoms with E-state index in [0.717, 1.165) is 36.5 Å². The minimum atomic E-state index is -2.81. The van der Waals surface area contributed by atoms with Gasteiger partial charge in [-0.25, -0.2) is 8.78 Å². The van der Waals surface area contributed by atoms with E-state index in [0.29, 0.717) is 6.42 Å². The van der Waals surface area contributed by atoms with Crippen molar-refractivity contribution in [3.63, 3.8) is 0 Å². The first kappa shape index (κ1) is 19.3. The van der Waals surface area contributed by atoms with Gasteiger partial charge in [0, 0.05) is 6.61 Å². The standard InChI is InChI=1S/C20H24F2O3/c21-19(22)18(20(24)25-13-7-3-1-2-6-12-23)17-11-10-15-8-4-5-9-16(15)14-17/h4-5,8-11,14,18-19,23H,1-3,6-7,12-13H2. The Balaban J connectivity index is 1.93. The highest BCUT2D eigenvalue weighted by Gasteiger charge is 2.31. The highest BCUT2D eigenvalue weighted by molar-refractivity contribution is 5.86. The number of unbranched alkanes of at least 4 members (excludes halogenated alkanes) is 4. The van der Waals surface area contributed by atoms with Gasteiger partial charge in [0.2, 0.25) is 0 Å². The van der Waals surface area contributed by atoms with E-state index in [1.54, 1.807) is 18.2 Å². The number of hydrogen-bond donors (Lipinski definition) is 1. The van der Waals surface area contributed by atoms with Crippen LogP contribution in [0.15, 0.2) is 42.5 Å². The lowest BCUT2D eigenvalue weighted by Gasteiger charge is -2.16. The van der Waals surface area contributed by atoms with Crippen molar-refractivity contribution >= 4 is 16.7 Å². The second-order valence-electron chi connectivity index (χ2n) is 6.08. The number of esters is 1. The Labute approximate surface area is 146 Å². The van der Waals surface area contributed by atoms with E-state index >= 15 is 0 Å². The molecule has 0 bridgehead atoms. The molecule has 1 unspecified atom stereocenters. The van der Waals surface area contributed by atoms with Gasteiger partial charge in [-0.3, -0.25) is 4.79 Å². The van der Waals surface area contributed by atoms with Gasteiger partial charge in [0.25, 0.3) is 6.43 Å². The van der Waals surface area contributed by atoms with Crippen LogP contribution in [0.1, 0.15) is 43.6 Å². The van der Waals surface area contributed by atoms with E-state index in [1.165, 1.54) is 0 Å². The molecule has 2 aromatic carbocycles. The van der Waals surface area contributed by atoms with Crippen molar-refractivity contribution in [1.29, 1.82) is 0 Å². The maximum atomic E-state index is 13.4. The van der Waals surface area contributed by atoms with E-state index < -0.39 is 18.3 Å². The molecular weight excluding hydrogens is 326 g/mol. The van der Waals surface area contributed by atoms with Gasteiger partial charge in [-0.2, -0.15) is 0 Å². The first-order valence-electron chi connectivity index (χ1n) is 8.68. The Morgan fingerprint density at radius 2 is 1.64 bits per heavy atom. The zero-order valence-electron chi connectivity index (χ0n) is 14.2. The average Bonchev–Trinajstić information content (AvgIpc) is 2.60. The third-order valence-corrected chi connectivity index (χ3v) is 4.19. The van der Waals surface area contributed by atoms with E-state index in [9.17, 15) is 13.6 Å². The van der Waals surface area contributed by atoms with Crippen molar-refractivity contribution in [2.45, 2.75) is 44.4 Å². The van der Waals surface area contributed by atoms with Crippen LogP contribution in [0.2, 0.25) is 0 Å². The molecule has 0 radical (unpaired) electrons. The summed E-state index contributed by atoms with van der Waals surface area (Å²) in [6, 6.07) is 12.4. The topological polar surface area (TPSA) is 46.5 Å². The molecule has 136 valence electrons. The molecule has 0 aromatic heterocycles. The zero-order valence-corrected chi connectivity index (χ0v) is 14.2. The summed E-state index contributed by atoms with van der Waals surface area (Å²) in [7, 11) is 0. The maximum Gasteiger partial charge on any atom is 0.319 e. The molecule has 0 aliphatic rings. The minimum absolute atomic E-state index is 0.148. The second kappa shape index (κ2) is 10.1. The summed E-state index contributed by atoms with van der Waals surface area (Å²) in [5.41, 5.74) is 0.279. The van der Waals surface area contributed by atoms with Crippen LogP contribution in [-0.4, -0.2) is 30.7 Å².